The number of H-pyrrole nitrogens is 1. The van der Waals surface area contributed by atoms with Crippen molar-refractivity contribution in [1.29, 1.82) is 0 Å². The highest BCUT2D eigenvalue weighted by Crippen LogP contribution is 2.19. The van der Waals surface area contributed by atoms with Crippen LogP contribution in [0, 0.1) is 6.92 Å². The molecule has 0 aliphatic carbocycles. The van der Waals surface area contributed by atoms with Crippen LogP contribution < -0.4 is 0 Å². The van der Waals surface area contributed by atoms with Gasteiger partial charge in [0.15, 0.2) is 0 Å². The molecule has 1 N–H and O–H groups in total. The molecule has 3 heterocycles. The Hall–Kier alpha value is -1.95. The monoisotopic (exact) mass is 352 g/mol. The average molecular weight is 353 g/mol. The lowest BCUT2D eigenvalue weighted by atomic mass is 10.2. The van der Waals surface area contributed by atoms with Gasteiger partial charge in [0.2, 0.25) is 0 Å². The SMILES string of the molecule is Cc1[nH]c(-c2ccccc2)nc1CN1CCN(Cc2cccs2)CC1. The van der Waals surface area contributed by atoms with Crippen LogP contribution in [0.4, 0.5) is 0 Å². The quantitative estimate of drug-likeness (QED) is 0.759. The van der Waals surface area contributed by atoms with Gasteiger partial charge in [-0.25, -0.2) is 4.98 Å². The average Bonchev–Trinajstić information content (AvgIpc) is 3.28. The fraction of sp³-hybridized carbons (Fsp3) is 0.350. The Morgan fingerprint density at radius 1 is 0.960 bits per heavy atom. The van der Waals surface area contributed by atoms with Crippen LogP contribution in [0.5, 0.6) is 0 Å². The number of nitrogens with zero attached hydrogens (tertiary/aromatic N) is 3. The number of rotatable bonds is 5. The normalized spacial score (nSPS) is 16.4. The molecule has 1 aromatic carbocycles. The van der Waals surface area contributed by atoms with E-state index < -0.39 is 0 Å². The lowest BCUT2D eigenvalue weighted by Gasteiger charge is -2.34. The molecule has 0 atom stereocenters. The Morgan fingerprint density at radius 3 is 2.36 bits per heavy atom. The highest BCUT2D eigenvalue weighted by Gasteiger charge is 2.19. The molecule has 25 heavy (non-hydrogen) atoms. The van der Waals surface area contributed by atoms with Crippen LogP contribution in [0.3, 0.4) is 0 Å². The number of aromatic amines is 1. The lowest BCUT2D eigenvalue weighted by Crippen LogP contribution is -2.45. The molecular formula is C20H24N4S. The maximum atomic E-state index is 4.84. The summed E-state index contributed by atoms with van der Waals surface area (Å²) in [7, 11) is 0. The summed E-state index contributed by atoms with van der Waals surface area (Å²) in [5, 5.41) is 2.16. The van der Waals surface area contributed by atoms with Crippen LogP contribution in [0.15, 0.2) is 47.8 Å². The Labute approximate surface area is 153 Å². The van der Waals surface area contributed by atoms with E-state index in [-0.39, 0.29) is 0 Å². The first-order valence-corrected chi connectivity index (χ1v) is 9.74. The first kappa shape index (κ1) is 16.5. The topological polar surface area (TPSA) is 35.2 Å². The second-order valence-electron chi connectivity index (χ2n) is 6.65. The lowest BCUT2D eigenvalue weighted by molar-refractivity contribution is 0.122. The highest BCUT2D eigenvalue weighted by atomic mass is 32.1. The molecule has 1 saturated heterocycles. The predicted molar refractivity (Wildman–Crippen MR) is 104 cm³/mol. The Kier molecular flexibility index (Phi) is 4.97. The van der Waals surface area contributed by atoms with Crippen LogP contribution in [0.25, 0.3) is 11.4 Å². The van der Waals surface area contributed by atoms with Gasteiger partial charge >= 0.3 is 0 Å². The van der Waals surface area contributed by atoms with Crippen molar-refractivity contribution >= 4 is 11.3 Å². The predicted octanol–water partition coefficient (Wildman–Crippen LogP) is 3.76. The van der Waals surface area contributed by atoms with E-state index in [2.05, 4.69) is 63.5 Å². The molecule has 1 aliphatic rings. The van der Waals surface area contributed by atoms with Crippen molar-refractivity contribution in [2.45, 2.75) is 20.0 Å². The number of thiophene rings is 1. The molecule has 1 aliphatic heterocycles. The van der Waals surface area contributed by atoms with Crippen LogP contribution >= 0.6 is 11.3 Å². The number of nitrogens with one attached hydrogen (secondary N) is 1. The van der Waals surface area contributed by atoms with Crippen LogP contribution in [0.2, 0.25) is 0 Å². The van der Waals surface area contributed by atoms with Gasteiger partial charge in [0.05, 0.1) is 5.69 Å². The molecule has 2 aromatic heterocycles. The van der Waals surface area contributed by atoms with Crippen molar-refractivity contribution in [2.75, 3.05) is 26.2 Å². The van der Waals surface area contributed by atoms with E-state index in [0.717, 1.165) is 50.7 Å². The molecule has 0 unspecified atom stereocenters. The number of aromatic nitrogens is 2. The van der Waals surface area contributed by atoms with E-state index in [1.54, 1.807) is 0 Å². The molecule has 0 spiro atoms. The van der Waals surface area contributed by atoms with Gasteiger partial charge in [0, 0.05) is 55.4 Å². The summed E-state index contributed by atoms with van der Waals surface area (Å²) in [6.45, 7) is 8.63. The van der Waals surface area contributed by atoms with Gasteiger partial charge in [-0.15, -0.1) is 11.3 Å². The van der Waals surface area contributed by atoms with Gasteiger partial charge in [-0.2, -0.15) is 0 Å². The summed E-state index contributed by atoms with van der Waals surface area (Å²) in [5.74, 6) is 0.976. The highest BCUT2D eigenvalue weighted by molar-refractivity contribution is 7.09. The number of hydrogen-bond acceptors (Lipinski definition) is 4. The zero-order valence-corrected chi connectivity index (χ0v) is 15.4. The maximum Gasteiger partial charge on any atom is 0.137 e. The van der Waals surface area contributed by atoms with Gasteiger partial charge in [-0.05, 0) is 18.4 Å². The Balaban J connectivity index is 1.35. The third-order valence-electron chi connectivity index (χ3n) is 4.83. The molecular weight excluding hydrogens is 328 g/mol. The Morgan fingerprint density at radius 2 is 1.68 bits per heavy atom. The zero-order valence-electron chi connectivity index (χ0n) is 14.6. The minimum atomic E-state index is 0.933. The first-order valence-electron chi connectivity index (χ1n) is 8.86. The van der Waals surface area contributed by atoms with E-state index in [1.807, 2.05) is 17.4 Å². The molecule has 4 rings (SSSR count). The fourth-order valence-electron chi connectivity index (χ4n) is 3.32. The summed E-state index contributed by atoms with van der Waals surface area (Å²) in [6, 6.07) is 14.7. The van der Waals surface area contributed by atoms with E-state index in [1.165, 1.54) is 16.3 Å². The smallest absolute Gasteiger partial charge is 0.137 e. The summed E-state index contributed by atoms with van der Waals surface area (Å²) < 4.78 is 0. The van der Waals surface area contributed by atoms with Crippen molar-refractivity contribution in [1.82, 2.24) is 19.8 Å². The van der Waals surface area contributed by atoms with Crippen LogP contribution in [-0.2, 0) is 13.1 Å². The van der Waals surface area contributed by atoms with Crippen molar-refractivity contribution in [3.63, 3.8) is 0 Å². The molecule has 0 saturated carbocycles. The zero-order chi connectivity index (χ0) is 17.1. The van der Waals surface area contributed by atoms with Gasteiger partial charge < -0.3 is 4.98 Å². The summed E-state index contributed by atoms with van der Waals surface area (Å²) >= 11 is 1.85. The third-order valence-corrected chi connectivity index (χ3v) is 5.69. The second kappa shape index (κ2) is 7.52. The third kappa shape index (κ3) is 4.00. The van der Waals surface area contributed by atoms with Crippen molar-refractivity contribution in [2.24, 2.45) is 0 Å². The second-order valence-corrected chi connectivity index (χ2v) is 7.69. The molecule has 4 nitrogen and oxygen atoms in total. The molecule has 3 aromatic rings. The van der Waals surface area contributed by atoms with E-state index in [4.69, 9.17) is 4.98 Å². The molecule has 5 heteroatoms. The summed E-state index contributed by atoms with van der Waals surface area (Å²) in [5.41, 5.74) is 3.50. The molecule has 130 valence electrons. The van der Waals surface area contributed by atoms with Crippen molar-refractivity contribution in [3.05, 3.63) is 64.1 Å². The molecule has 0 amide bonds. The number of aryl methyl sites for hydroxylation is 1. The number of benzene rings is 1. The first-order chi connectivity index (χ1) is 12.3. The number of hydrogen-bond donors (Lipinski definition) is 1. The molecule has 0 bridgehead atoms. The van der Waals surface area contributed by atoms with Gasteiger partial charge in [0.1, 0.15) is 5.82 Å². The minimum Gasteiger partial charge on any atom is -0.342 e. The molecule has 1 fully saturated rings. The fourth-order valence-corrected chi connectivity index (χ4v) is 4.07. The van der Waals surface area contributed by atoms with E-state index in [9.17, 15) is 0 Å². The van der Waals surface area contributed by atoms with Gasteiger partial charge in [0.25, 0.3) is 0 Å². The van der Waals surface area contributed by atoms with Crippen LogP contribution in [0.1, 0.15) is 16.3 Å². The van der Waals surface area contributed by atoms with Gasteiger partial charge in [-0.1, -0.05) is 36.4 Å². The van der Waals surface area contributed by atoms with E-state index in [0.29, 0.717) is 0 Å². The number of piperazine rings is 1. The van der Waals surface area contributed by atoms with Gasteiger partial charge in [-0.3, -0.25) is 9.80 Å². The minimum absolute atomic E-state index is 0.933. The Bertz CT molecular complexity index is 786. The van der Waals surface area contributed by atoms with E-state index >= 15 is 0 Å². The maximum absolute atomic E-state index is 4.84. The van der Waals surface area contributed by atoms with Crippen molar-refractivity contribution < 1.29 is 0 Å². The van der Waals surface area contributed by atoms with Crippen molar-refractivity contribution in [3.8, 4) is 11.4 Å². The summed E-state index contributed by atoms with van der Waals surface area (Å²) in [6.07, 6.45) is 0. The molecule has 0 radical (unpaired) electrons. The standard InChI is InChI=1S/C20H24N4S/c1-16-19(22-20(21-16)17-6-3-2-4-7-17)15-24-11-9-23(10-12-24)14-18-8-5-13-25-18/h2-8,13H,9-12,14-15H2,1H3,(H,21,22). The van der Waals surface area contributed by atoms with Crippen LogP contribution in [-0.4, -0.2) is 45.9 Å². The number of imidazole rings is 1. The summed E-state index contributed by atoms with van der Waals surface area (Å²) in [4.78, 5) is 14.8. The largest absolute Gasteiger partial charge is 0.342 e.